The lowest BCUT2D eigenvalue weighted by atomic mass is 9.51. The molecule has 1 aromatic heterocycles. The van der Waals surface area contributed by atoms with Gasteiger partial charge in [0.1, 0.15) is 16.8 Å². The highest BCUT2D eigenvalue weighted by molar-refractivity contribution is 5.82. The van der Waals surface area contributed by atoms with E-state index >= 15 is 4.39 Å². The number of rotatable bonds is 2. The van der Waals surface area contributed by atoms with Gasteiger partial charge < -0.3 is 24.3 Å². The zero-order valence-corrected chi connectivity index (χ0v) is 20.7. The van der Waals surface area contributed by atoms with Gasteiger partial charge in [-0.25, -0.2) is 9.37 Å². The van der Waals surface area contributed by atoms with Crippen LogP contribution in [0.1, 0.15) is 57.4 Å². The fourth-order valence-electron chi connectivity index (χ4n) is 9.03. The van der Waals surface area contributed by atoms with Gasteiger partial charge in [-0.05, 0) is 87.7 Å². The summed E-state index contributed by atoms with van der Waals surface area (Å²) in [5.41, 5.74) is 0.879. The molecule has 3 aliphatic carbocycles. The standard InChI is InChI=1S/C28H35FN2O4/c1-25-8-10-27(29)13-18-23(32)24(33)20(31(2)3)14-26(18)9-11-28(27,35-26)22(25)7-5-17(25)16-4-6-21-19(12-16)30-15-34-21/h4-6,12,15,18,20,22-24,32-33H,7-11,13-14H2,1-3H3. The Morgan fingerprint density at radius 2 is 1.91 bits per heavy atom. The number of ether oxygens (including phenoxy) is 1. The molecule has 3 heterocycles. The van der Waals surface area contributed by atoms with Gasteiger partial charge in [0.2, 0.25) is 0 Å². The fourth-order valence-corrected chi connectivity index (χ4v) is 9.03. The summed E-state index contributed by atoms with van der Waals surface area (Å²) in [6, 6.07) is 5.95. The van der Waals surface area contributed by atoms with E-state index in [1.165, 1.54) is 12.0 Å². The summed E-state index contributed by atoms with van der Waals surface area (Å²) >= 11 is 0. The number of hydrogen-bond acceptors (Lipinski definition) is 6. The van der Waals surface area contributed by atoms with E-state index in [9.17, 15) is 10.2 Å². The number of likely N-dealkylation sites (N-methyl/N-ethyl adjacent to an activating group) is 1. The zero-order valence-electron chi connectivity index (χ0n) is 20.7. The molecule has 7 heteroatoms. The van der Waals surface area contributed by atoms with Gasteiger partial charge in [0.25, 0.3) is 0 Å². The first kappa shape index (κ1) is 22.4. The van der Waals surface area contributed by atoms with Crippen molar-refractivity contribution < 1.29 is 23.8 Å². The Bertz CT molecular complexity index is 1230. The van der Waals surface area contributed by atoms with Crippen LogP contribution in [-0.4, -0.2) is 69.3 Å². The number of hydrogen-bond donors (Lipinski definition) is 2. The maximum absolute atomic E-state index is 17.2. The number of aromatic nitrogens is 1. The average Bonchev–Trinajstić information content (AvgIpc) is 3.52. The van der Waals surface area contributed by atoms with Crippen LogP contribution in [0.5, 0.6) is 0 Å². The summed E-state index contributed by atoms with van der Waals surface area (Å²) in [6.45, 7) is 2.29. The van der Waals surface area contributed by atoms with Crippen molar-refractivity contribution in [1.29, 1.82) is 0 Å². The van der Waals surface area contributed by atoms with E-state index in [2.05, 4.69) is 30.1 Å². The Balaban J connectivity index is 1.28. The molecule has 2 spiro atoms. The fraction of sp³-hybridized carbons (Fsp3) is 0.679. The Morgan fingerprint density at radius 3 is 2.71 bits per heavy atom. The Hall–Kier alpha value is -1.80. The molecular formula is C28H35FN2O4. The molecule has 35 heavy (non-hydrogen) atoms. The summed E-state index contributed by atoms with van der Waals surface area (Å²) < 4.78 is 29.7. The number of fused-ring (bicyclic) bond motifs is 2. The maximum atomic E-state index is 17.2. The highest BCUT2D eigenvalue weighted by Gasteiger charge is 2.77. The Labute approximate surface area is 205 Å². The number of benzene rings is 1. The lowest BCUT2D eigenvalue weighted by Gasteiger charge is -2.64. The van der Waals surface area contributed by atoms with Gasteiger partial charge in [-0.15, -0.1) is 0 Å². The van der Waals surface area contributed by atoms with E-state index in [1.54, 1.807) is 0 Å². The van der Waals surface area contributed by atoms with Crippen LogP contribution in [0.3, 0.4) is 0 Å². The largest absolute Gasteiger partial charge is 0.443 e. The summed E-state index contributed by atoms with van der Waals surface area (Å²) in [4.78, 5) is 6.32. The quantitative estimate of drug-likeness (QED) is 0.671. The molecule has 9 unspecified atom stereocenters. The van der Waals surface area contributed by atoms with Crippen molar-refractivity contribution in [3.63, 3.8) is 0 Å². The van der Waals surface area contributed by atoms with Gasteiger partial charge in [-0.1, -0.05) is 19.1 Å². The Morgan fingerprint density at radius 1 is 1.09 bits per heavy atom. The van der Waals surface area contributed by atoms with Crippen molar-refractivity contribution in [2.45, 2.75) is 87.0 Å². The summed E-state index contributed by atoms with van der Waals surface area (Å²) in [5.74, 6) is -0.332. The van der Waals surface area contributed by atoms with Crippen LogP contribution in [-0.2, 0) is 4.74 Å². The van der Waals surface area contributed by atoms with Crippen molar-refractivity contribution in [1.82, 2.24) is 9.88 Å². The molecule has 0 radical (unpaired) electrons. The second-order valence-corrected chi connectivity index (χ2v) is 12.4. The number of allylic oxidation sites excluding steroid dienone is 2. The Kier molecular flexibility index (Phi) is 4.44. The highest BCUT2D eigenvalue weighted by atomic mass is 19.1. The third-order valence-electron chi connectivity index (χ3n) is 10.8. The maximum Gasteiger partial charge on any atom is 0.181 e. The van der Waals surface area contributed by atoms with E-state index in [0.29, 0.717) is 19.3 Å². The predicted molar refractivity (Wildman–Crippen MR) is 129 cm³/mol. The van der Waals surface area contributed by atoms with E-state index in [1.807, 2.05) is 25.1 Å². The molecule has 2 aromatic rings. The van der Waals surface area contributed by atoms with Gasteiger partial charge in [0.15, 0.2) is 12.0 Å². The summed E-state index contributed by atoms with van der Waals surface area (Å²) in [6.07, 6.45) is 6.17. The lowest BCUT2D eigenvalue weighted by Crippen LogP contribution is -2.72. The molecule has 2 saturated carbocycles. The third-order valence-corrected chi connectivity index (χ3v) is 10.8. The molecule has 5 aliphatic rings. The van der Waals surface area contributed by atoms with Crippen LogP contribution >= 0.6 is 0 Å². The molecule has 188 valence electrons. The summed E-state index contributed by atoms with van der Waals surface area (Å²) in [5, 5.41) is 22.0. The molecule has 9 atom stereocenters. The highest BCUT2D eigenvalue weighted by Crippen LogP contribution is 2.72. The van der Waals surface area contributed by atoms with Crippen LogP contribution in [0, 0.1) is 17.3 Å². The second-order valence-electron chi connectivity index (χ2n) is 12.4. The molecule has 6 nitrogen and oxygen atoms in total. The molecule has 2 saturated heterocycles. The van der Waals surface area contributed by atoms with E-state index in [0.717, 1.165) is 35.9 Å². The topological polar surface area (TPSA) is 79.0 Å². The SMILES string of the molecule is CN(C)C1CC23CCC4(O2)C2CC=C(c5ccc6ocnc6c5)C2(C)CCC4(F)CC3C(O)C1O. The van der Waals surface area contributed by atoms with E-state index in [4.69, 9.17) is 9.15 Å². The van der Waals surface area contributed by atoms with Crippen LogP contribution < -0.4 is 0 Å². The van der Waals surface area contributed by atoms with Crippen LogP contribution in [0.2, 0.25) is 0 Å². The lowest BCUT2D eigenvalue weighted by molar-refractivity contribution is -0.314. The predicted octanol–water partition coefficient (Wildman–Crippen LogP) is 4.10. The first-order chi connectivity index (χ1) is 16.6. The molecule has 4 fully saturated rings. The molecule has 0 amide bonds. The minimum Gasteiger partial charge on any atom is -0.443 e. The van der Waals surface area contributed by atoms with Gasteiger partial charge in [0.05, 0.1) is 17.8 Å². The van der Waals surface area contributed by atoms with Crippen molar-refractivity contribution in [3.8, 4) is 0 Å². The normalized spacial score (nSPS) is 48.5. The van der Waals surface area contributed by atoms with Crippen LogP contribution in [0.15, 0.2) is 35.1 Å². The van der Waals surface area contributed by atoms with Gasteiger partial charge in [-0.3, -0.25) is 0 Å². The molecule has 2 bridgehead atoms. The molecule has 2 N–H and O–H groups in total. The van der Waals surface area contributed by atoms with Crippen molar-refractivity contribution in [2.24, 2.45) is 17.3 Å². The van der Waals surface area contributed by atoms with E-state index < -0.39 is 29.1 Å². The minimum atomic E-state index is -1.49. The number of aliphatic hydroxyl groups excluding tert-OH is 2. The molecule has 7 rings (SSSR count). The van der Waals surface area contributed by atoms with Crippen LogP contribution in [0.25, 0.3) is 16.7 Å². The van der Waals surface area contributed by atoms with Gasteiger partial charge in [0, 0.05) is 17.9 Å². The summed E-state index contributed by atoms with van der Waals surface area (Å²) in [7, 11) is 3.86. The number of halogens is 1. The average molecular weight is 483 g/mol. The monoisotopic (exact) mass is 482 g/mol. The van der Waals surface area contributed by atoms with Gasteiger partial charge >= 0.3 is 0 Å². The van der Waals surface area contributed by atoms with E-state index in [-0.39, 0.29) is 29.7 Å². The molecular weight excluding hydrogens is 447 g/mol. The number of alkyl halides is 1. The van der Waals surface area contributed by atoms with Crippen LogP contribution in [0.4, 0.5) is 4.39 Å². The third kappa shape index (κ3) is 2.65. The smallest absolute Gasteiger partial charge is 0.181 e. The number of oxazole rings is 1. The van der Waals surface area contributed by atoms with Crippen molar-refractivity contribution in [2.75, 3.05) is 14.1 Å². The first-order valence-electron chi connectivity index (χ1n) is 13.1. The number of nitrogens with zero attached hydrogens (tertiary/aromatic N) is 2. The van der Waals surface area contributed by atoms with Gasteiger partial charge in [-0.2, -0.15) is 0 Å². The minimum absolute atomic E-state index is 0.0406. The van der Waals surface area contributed by atoms with Crippen molar-refractivity contribution in [3.05, 3.63) is 36.2 Å². The molecule has 1 aromatic carbocycles. The zero-order chi connectivity index (χ0) is 24.4. The second kappa shape index (κ2) is 6.94. The van der Waals surface area contributed by atoms with Crippen molar-refractivity contribution >= 4 is 16.7 Å². The molecule has 2 aliphatic heterocycles. The number of aliphatic hydroxyl groups is 2. The first-order valence-corrected chi connectivity index (χ1v) is 13.1.